The van der Waals surface area contributed by atoms with Crippen LogP contribution in [-0.2, 0) is 0 Å². The van der Waals surface area contributed by atoms with E-state index in [0.29, 0.717) is 0 Å². The Morgan fingerprint density at radius 2 is 0.255 bits per heavy atom. The summed E-state index contributed by atoms with van der Waals surface area (Å²) < 4.78 is 9.53. The number of aromatic nitrogens is 4. The molecule has 0 saturated heterocycles. The molecular formula is C102H68N4. The van der Waals surface area contributed by atoms with E-state index in [-0.39, 0.29) is 0 Å². The fourth-order valence-corrected chi connectivity index (χ4v) is 16.3. The third-order valence-corrected chi connectivity index (χ3v) is 21.4. The summed E-state index contributed by atoms with van der Waals surface area (Å²) >= 11 is 0. The maximum absolute atomic E-state index is 2.39. The molecule has 0 aliphatic heterocycles. The van der Waals surface area contributed by atoms with Crippen LogP contribution in [0.15, 0.2) is 413 Å². The third kappa shape index (κ3) is 10.9. The summed E-state index contributed by atoms with van der Waals surface area (Å²) in [5, 5.41) is 10.0. The van der Waals surface area contributed by atoms with Gasteiger partial charge in [-0.05, 0) is 217 Å². The first-order valence-electron chi connectivity index (χ1n) is 36.4. The van der Waals surface area contributed by atoms with E-state index in [9.17, 15) is 0 Å². The van der Waals surface area contributed by atoms with Crippen molar-refractivity contribution in [2.24, 2.45) is 0 Å². The van der Waals surface area contributed by atoms with Crippen molar-refractivity contribution < 1.29 is 0 Å². The number of benzene rings is 17. The van der Waals surface area contributed by atoms with E-state index in [1.54, 1.807) is 0 Å². The highest BCUT2D eigenvalue weighted by molar-refractivity contribution is 6.15. The molecule has 0 N–H and O–H groups in total. The van der Waals surface area contributed by atoms with Crippen molar-refractivity contribution in [3.63, 3.8) is 0 Å². The Bertz CT molecular complexity index is 6630. The van der Waals surface area contributed by atoms with Gasteiger partial charge in [-0.3, -0.25) is 0 Å². The van der Waals surface area contributed by atoms with E-state index < -0.39 is 0 Å². The summed E-state index contributed by atoms with van der Waals surface area (Å²) in [7, 11) is 0. The quantitative estimate of drug-likeness (QED) is 0.123. The maximum atomic E-state index is 2.39. The molecule has 0 spiro atoms. The molecular weight excluding hydrogens is 1280 g/mol. The average Bonchev–Trinajstić information content (AvgIpc) is 1.61. The first-order chi connectivity index (χ1) is 52.6. The van der Waals surface area contributed by atoms with Gasteiger partial charge in [-0.2, -0.15) is 0 Å². The van der Waals surface area contributed by atoms with Gasteiger partial charge in [0, 0.05) is 65.8 Å². The van der Waals surface area contributed by atoms with E-state index >= 15 is 0 Å². The van der Waals surface area contributed by atoms with Gasteiger partial charge in [-0.1, -0.05) is 273 Å². The molecule has 21 rings (SSSR count). The van der Waals surface area contributed by atoms with Crippen molar-refractivity contribution in [1.29, 1.82) is 0 Å². The second kappa shape index (κ2) is 26.1. The number of nitrogens with zero attached hydrogens (tertiary/aromatic N) is 4. The van der Waals surface area contributed by atoms with Crippen molar-refractivity contribution >= 4 is 87.2 Å². The lowest BCUT2D eigenvalue weighted by Gasteiger charge is -2.09. The molecule has 106 heavy (non-hydrogen) atoms. The number of hydrogen-bond acceptors (Lipinski definition) is 0. The second-order valence-electron chi connectivity index (χ2n) is 27.6. The molecule has 0 aliphatic rings. The molecule has 0 amide bonds. The van der Waals surface area contributed by atoms with Gasteiger partial charge in [-0.25, -0.2) is 0 Å². The van der Waals surface area contributed by atoms with Gasteiger partial charge < -0.3 is 18.3 Å². The minimum absolute atomic E-state index is 1.16. The lowest BCUT2D eigenvalue weighted by Crippen LogP contribution is -1.93. The van der Waals surface area contributed by atoms with E-state index in [1.165, 1.54) is 176 Å². The predicted octanol–water partition coefficient (Wildman–Crippen LogP) is 27.4. The van der Waals surface area contributed by atoms with E-state index in [2.05, 4.69) is 431 Å². The van der Waals surface area contributed by atoms with Crippen LogP contribution in [0.4, 0.5) is 0 Å². The number of rotatable bonds is 11. The van der Waals surface area contributed by atoms with E-state index in [4.69, 9.17) is 0 Å². The standard InChI is InChI=1S/C54H36N2.C48H32N2/c1-5-13-37(14-6-1)41-25-29-51-47(33-41)49-35-43(27-31-53(49)55(51)45-17-9-3-10-18-45)39-21-23-40(24-22-39)44-28-32-54-50(36-44)48-34-42(38-15-7-2-8-16-38)26-30-52(48)56(54)46-19-11-4-12-20-46;1-4-12-33(13-5-1)36-24-28-47-43(31-36)44-32-38(26-29-48(44)50(47)40-16-8-3-9-17-40)35-22-20-34(21-23-35)37-25-27-46-42(30-37)41-18-10-11-19-45(41)49(46)39-14-6-2-7-15-39/h1-36H;1-32H. The van der Waals surface area contributed by atoms with Crippen molar-refractivity contribution in [3.8, 4) is 101 Å². The molecule has 17 aromatic carbocycles. The molecule has 0 unspecified atom stereocenters. The van der Waals surface area contributed by atoms with Crippen LogP contribution < -0.4 is 0 Å². The molecule has 0 saturated carbocycles. The van der Waals surface area contributed by atoms with Crippen LogP contribution in [0, 0.1) is 0 Å². The molecule has 4 aromatic heterocycles. The Labute approximate surface area is 614 Å². The molecule has 21 aromatic rings. The molecule has 496 valence electrons. The van der Waals surface area contributed by atoms with Crippen LogP contribution in [0.3, 0.4) is 0 Å². The fourth-order valence-electron chi connectivity index (χ4n) is 16.3. The second-order valence-corrected chi connectivity index (χ2v) is 27.6. The summed E-state index contributed by atoms with van der Waals surface area (Å²) in [5.74, 6) is 0. The highest BCUT2D eigenvalue weighted by Gasteiger charge is 2.20. The summed E-state index contributed by atoms with van der Waals surface area (Å²) in [6.07, 6.45) is 0. The largest absolute Gasteiger partial charge is 0.309 e. The van der Waals surface area contributed by atoms with Gasteiger partial charge in [0.15, 0.2) is 0 Å². The Hall–Kier alpha value is -14.1. The SMILES string of the molecule is c1ccc(-c2ccc3c(c2)c2cc(-c4ccc(-c5ccc6c(c5)c5cc(-c7ccccc7)ccc5n6-c5ccccc5)cc4)ccc2n3-c2ccccc2)cc1.c1ccc(-c2ccc3c(c2)c2cc(-c4ccc(-c5ccc6c(c5)c5ccccc5n6-c5ccccc5)cc4)ccc2n3-c2ccccc2)cc1. The summed E-state index contributed by atoms with van der Waals surface area (Å²) in [6, 6.07) is 150. The zero-order valence-corrected chi connectivity index (χ0v) is 58.0. The Kier molecular flexibility index (Phi) is 15.2. The molecule has 0 bridgehead atoms. The van der Waals surface area contributed by atoms with Gasteiger partial charge in [-0.15, -0.1) is 0 Å². The topological polar surface area (TPSA) is 19.7 Å². The normalized spacial score (nSPS) is 11.6. The number of fused-ring (bicyclic) bond motifs is 12. The van der Waals surface area contributed by atoms with Crippen molar-refractivity contribution in [3.05, 3.63) is 413 Å². The first kappa shape index (κ1) is 61.8. The van der Waals surface area contributed by atoms with Crippen molar-refractivity contribution in [2.45, 2.75) is 0 Å². The third-order valence-electron chi connectivity index (χ3n) is 21.4. The van der Waals surface area contributed by atoms with Gasteiger partial charge in [0.25, 0.3) is 0 Å². The van der Waals surface area contributed by atoms with Crippen LogP contribution in [0.2, 0.25) is 0 Å². The van der Waals surface area contributed by atoms with E-state index in [1.807, 2.05) is 0 Å². The van der Waals surface area contributed by atoms with Crippen LogP contribution >= 0.6 is 0 Å². The molecule has 0 aliphatic carbocycles. The number of para-hydroxylation sites is 5. The van der Waals surface area contributed by atoms with Crippen LogP contribution in [-0.4, -0.2) is 18.3 Å². The Morgan fingerprint density at radius 3 is 0.472 bits per heavy atom. The lowest BCUT2D eigenvalue weighted by molar-refractivity contribution is 1.18. The molecule has 4 nitrogen and oxygen atoms in total. The Balaban J connectivity index is 0.000000141. The van der Waals surface area contributed by atoms with E-state index in [0.717, 1.165) is 11.4 Å². The van der Waals surface area contributed by atoms with Gasteiger partial charge in [0.1, 0.15) is 0 Å². The van der Waals surface area contributed by atoms with Gasteiger partial charge in [0.05, 0.1) is 44.1 Å². The molecule has 0 fully saturated rings. The Morgan fingerprint density at radius 1 is 0.104 bits per heavy atom. The summed E-state index contributed by atoms with van der Waals surface area (Å²) in [4.78, 5) is 0. The first-order valence-corrected chi connectivity index (χ1v) is 36.4. The molecule has 4 heterocycles. The lowest BCUT2D eigenvalue weighted by atomic mass is 9.97. The van der Waals surface area contributed by atoms with Crippen LogP contribution in [0.5, 0.6) is 0 Å². The van der Waals surface area contributed by atoms with Gasteiger partial charge in [0.2, 0.25) is 0 Å². The predicted molar refractivity (Wildman–Crippen MR) is 448 cm³/mol. The molecule has 4 heteroatoms. The smallest absolute Gasteiger partial charge is 0.0541 e. The maximum Gasteiger partial charge on any atom is 0.0541 e. The fraction of sp³-hybridized carbons (Fsp3) is 0. The zero-order valence-electron chi connectivity index (χ0n) is 58.0. The minimum atomic E-state index is 1.16. The highest BCUT2D eigenvalue weighted by Crippen LogP contribution is 2.43. The summed E-state index contributed by atoms with van der Waals surface area (Å²) in [5.41, 5.74) is 31.3. The number of hydrogen-bond donors (Lipinski definition) is 0. The molecule has 0 radical (unpaired) electrons. The summed E-state index contributed by atoms with van der Waals surface area (Å²) in [6.45, 7) is 0. The van der Waals surface area contributed by atoms with Crippen molar-refractivity contribution in [2.75, 3.05) is 0 Å². The van der Waals surface area contributed by atoms with Crippen LogP contribution in [0.1, 0.15) is 0 Å². The zero-order chi connectivity index (χ0) is 70.0. The average molecular weight is 1350 g/mol. The van der Waals surface area contributed by atoms with Gasteiger partial charge >= 0.3 is 0 Å². The van der Waals surface area contributed by atoms with Crippen molar-refractivity contribution in [1.82, 2.24) is 18.3 Å². The molecule has 0 atom stereocenters. The minimum Gasteiger partial charge on any atom is -0.309 e. The monoisotopic (exact) mass is 1350 g/mol. The van der Waals surface area contributed by atoms with Crippen LogP contribution in [0.25, 0.3) is 188 Å². The highest BCUT2D eigenvalue weighted by atomic mass is 15.0.